The first-order chi connectivity index (χ1) is 9.47. The lowest BCUT2D eigenvalue weighted by atomic mass is 10.0. The summed E-state index contributed by atoms with van der Waals surface area (Å²) in [6.45, 7) is 1.66. The van der Waals surface area contributed by atoms with E-state index in [1.54, 1.807) is 43.3 Å². The monoisotopic (exact) mass is 292 g/mol. The van der Waals surface area contributed by atoms with Crippen molar-refractivity contribution >= 4 is 23.2 Å². The third-order valence-corrected chi connectivity index (χ3v) is 3.18. The van der Waals surface area contributed by atoms with Crippen LogP contribution in [0.5, 0.6) is 0 Å². The molecule has 2 aromatic rings. The summed E-state index contributed by atoms with van der Waals surface area (Å²) < 4.78 is 13.6. The zero-order valence-corrected chi connectivity index (χ0v) is 11.6. The second kappa shape index (κ2) is 5.92. The van der Waals surface area contributed by atoms with Gasteiger partial charge in [-0.05, 0) is 42.3 Å². The zero-order valence-electron chi connectivity index (χ0n) is 10.9. The van der Waals surface area contributed by atoms with Gasteiger partial charge in [0.1, 0.15) is 11.9 Å². The van der Waals surface area contributed by atoms with E-state index in [0.29, 0.717) is 21.8 Å². The van der Waals surface area contributed by atoms with Crippen LogP contribution in [0.4, 0.5) is 10.1 Å². The van der Waals surface area contributed by atoms with Gasteiger partial charge in [-0.15, -0.1) is 0 Å². The summed E-state index contributed by atoms with van der Waals surface area (Å²) >= 11 is 5.88. The molecule has 0 saturated carbocycles. The Balaban J connectivity index is 2.32. The topological polar surface area (TPSA) is 55.1 Å². The van der Waals surface area contributed by atoms with E-state index in [1.807, 2.05) is 0 Å². The Morgan fingerprint density at radius 1 is 1.30 bits per heavy atom. The van der Waals surface area contributed by atoms with Gasteiger partial charge < -0.3 is 11.1 Å². The number of hydrogen-bond donors (Lipinski definition) is 2. The van der Waals surface area contributed by atoms with Crippen molar-refractivity contribution in [3.05, 3.63) is 64.4 Å². The SMILES string of the molecule is Cc1ccc(C(Nc2cccc(Cl)c2)C(N)=O)cc1F. The molecule has 2 rings (SSSR count). The first-order valence-corrected chi connectivity index (χ1v) is 6.42. The molecule has 2 aromatic carbocycles. The van der Waals surface area contributed by atoms with Crippen LogP contribution >= 0.6 is 11.6 Å². The van der Waals surface area contributed by atoms with E-state index in [4.69, 9.17) is 17.3 Å². The Kier molecular flexibility index (Phi) is 4.25. The van der Waals surface area contributed by atoms with E-state index in [1.165, 1.54) is 6.07 Å². The van der Waals surface area contributed by atoms with E-state index in [9.17, 15) is 9.18 Å². The van der Waals surface area contributed by atoms with E-state index in [-0.39, 0.29) is 5.82 Å². The minimum atomic E-state index is -0.816. The van der Waals surface area contributed by atoms with Crippen LogP contribution < -0.4 is 11.1 Å². The number of primary amides is 1. The average molecular weight is 293 g/mol. The Morgan fingerprint density at radius 2 is 2.05 bits per heavy atom. The number of rotatable bonds is 4. The molecule has 3 nitrogen and oxygen atoms in total. The van der Waals surface area contributed by atoms with Gasteiger partial charge in [-0.2, -0.15) is 0 Å². The number of benzene rings is 2. The summed E-state index contributed by atoms with van der Waals surface area (Å²) in [7, 11) is 0. The Bertz CT molecular complexity index is 646. The summed E-state index contributed by atoms with van der Waals surface area (Å²) in [6, 6.07) is 10.7. The highest BCUT2D eigenvalue weighted by molar-refractivity contribution is 6.30. The largest absolute Gasteiger partial charge is 0.370 e. The molecule has 0 spiro atoms. The van der Waals surface area contributed by atoms with E-state index in [0.717, 1.165) is 0 Å². The quantitative estimate of drug-likeness (QED) is 0.907. The molecule has 0 heterocycles. The number of hydrogen-bond acceptors (Lipinski definition) is 2. The number of carbonyl (C=O) groups excluding carboxylic acids is 1. The number of anilines is 1. The highest BCUT2D eigenvalue weighted by Gasteiger charge is 2.18. The minimum Gasteiger partial charge on any atom is -0.370 e. The van der Waals surface area contributed by atoms with E-state index < -0.39 is 11.9 Å². The molecule has 0 saturated heterocycles. The number of carbonyl (C=O) groups is 1. The second-order valence-corrected chi connectivity index (χ2v) is 4.94. The van der Waals surface area contributed by atoms with Gasteiger partial charge in [0.15, 0.2) is 0 Å². The van der Waals surface area contributed by atoms with Crippen molar-refractivity contribution in [3.8, 4) is 0 Å². The normalized spacial score (nSPS) is 11.9. The third-order valence-electron chi connectivity index (χ3n) is 2.95. The fraction of sp³-hybridized carbons (Fsp3) is 0.133. The molecular formula is C15H14ClFN2O. The maximum absolute atomic E-state index is 13.6. The van der Waals surface area contributed by atoms with Gasteiger partial charge in [0.25, 0.3) is 0 Å². The molecule has 0 aliphatic carbocycles. The van der Waals surface area contributed by atoms with Gasteiger partial charge >= 0.3 is 0 Å². The summed E-state index contributed by atoms with van der Waals surface area (Å²) in [5.74, 6) is -0.963. The lowest BCUT2D eigenvalue weighted by Crippen LogP contribution is -2.27. The minimum absolute atomic E-state index is 0.373. The predicted molar refractivity (Wildman–Crippen MR) is 78.1 cm³/mol. The van der Waals surface area contributed by atoms with Crippen molar-refractivity contribution in [1.29, 1.82) is 0 Å². The summed E-state index contributed by atoms with van der Waals surface area (Å²) in [5.41, 5.74) is 7.01. The van der Waals surface area contributed by atoms with Crippen molar-refractivity contribution in [2.24, 2.45) is 5.73 Å². The fourth-order valence-corrected chi connectivity index (χ4v) is 2.04. The molecular weight excluding hydrogens is 279 g/mol. The van der Waals surface area contributed by atoms with Crippen LogP contribution in [0.25, 0.3) is 0 Å². The second-order valence-electron chi connectivity index (χ2n) is 4.50. The molecule has 1 atom stereocenters. The average Bonchev–Trinajstić information content (AvgIpc) is 2.39. The molecule has 104 valence electrons. The van der Waals surface area contributed by atoms with Crippen LogP contribution in [0.2, 0.25) is 5.02 Å². The van der Waals surface area contributed by atoms with Crippen molar-refractivity contribution in [2.75, 3.05) is 5.32 Å². The van der Waals surface area contributed by atoms with Crippen LogP contribution in [0.3, 0.4) is 0 Å². The maximum atomic E-state index is 13.6. The van der Waals surface area contributed by atoms with Crippen LogP contribution in [0.1, 0.15) is 17.2 Å². The lowest BCUT2D eigenvalue weighted by molar-refractivity contribution is -0.118. The maximum Gasteiger partial charge on any atom is 0.244 e. The molecule has 0 aliphatic heterocycles. The van der Waals surface area contributed by atoms with Gasteiger partial charge in [0.05, 0.1) is 0 Å². The van der Waals surface area contributed by atoms with Crippen molar-refractivity contribution in [3.63, 3.8) is 0 Å². The first kappa shape index (κ1) is 14.3. The summed E-state index contributed by atoms with van der Waals surface area (Å²) in [5, 5.41) is 3.49. The number of aryl methyl sites for hydroxylation is 1. The van der Waals surface area contributed by atoms with Crippen molar-refractivity contribution < 1.29 is 9.18 Å². The van der Waals surface area contributed by atoms with Crippen LogP contribution in [-0.2, 0) is 4.79 Å². The number of nitrogens with one attached hydrogen (secondary N) is 1. The highest BCUT2D eigenvalue weighted by Crippen LogP contribution is 2.23. The number of halogens is 2. The fourth-order valence-electron chi connectivity index (χ4n) is 1.85. The van der Waals surface area contributed by atoms with Crippen molar-refractivity contribution in [1.82, 2.24) is 0 Å². The van der Waals surface area contributed by atoms with Gasteiger partial charge in [0, 0.05) is 10.7 Å². The van der Waals surface area contributed by atoms with E-state index >= 15 is 0 Å². The standard InChI is InChI=1S/C15H14ClFN2O/c1-9-5-6-10(7-13(9)17)14(15(18)20)19-12-4-2-3-11(16)8-12/h2-8,14,19H,1H3,(H2,18,20). The van der Waals surface area contributed by atoms with Gasteiger partial charge in [-0.3, -0.25) is 4.79 Å². The molecule has 0 bridgehead atoms. The molecule has 0 aromatic heterocycles. The van der Waals surface area contributed by atoms with Crippen molar-refractivity contribution in [2.45, 2.75) is 13.0 Å². The molecule has 20 heavy (non-hydrogen) atoms. The number of nitrogens with two attached hydrogens (primary N) is 1. The predicted octanol–water partition coefficient (Wildman–Crippen LogP) is 3.43. The van der Waals surface area contributed by atoms with Gasteiger partial charge in [-0.1, -0.05) is 29.8 Å². The summed E-state index contributed by atoms with van der Waals surface area (Å²) in [4.78, 5) is 11.6. The Labute approximate surface area is 121 Å². The highest BCUT2D eigenvalue weighted by atomic mass is 35.5. The smallest absolute Gasteiger partial charge is 0.244 e. The lowest BCUT2D eigenvalue weighted by Gasteiger charge is -2.17. The Morgan fingerprint density at radius 3 is 2.65 bits per heavy atom. The van der Waals surface area contributed by atoms with Crippen LogP contribution in [0, 0.1) is 12.7 Å². The Hall–Kier alpha value is -2.07. The zero-order chi connectivity index (χ0) is 14.7. The molecule has 0 aliphatic rings. The molecule has 1 amide bonds. The van der Waals surface area contributed by atoms with Crippen LogP contribution in [0.15, 0.2) is 42.5 Å². The first-order valence-electron chi connectivity index (χ1n) is 6.05. The summed E-state index contributed by atoms with van der Waals surface area (Å²) in [6.07, 6.45) is 0. The molecule has 1 unspecified atom stereocenters. The third kappa shape index (κ3) is 3.27. The van der Waals surface area contributed by atoms with Crippen LogP contribution in [-0.4, -0.2) is 5.91 Å². The number of amides is 1. The molecule has 3 N–H and O–H groups in total. The van der Waals surface area contributed by atoms with E-state index in [2.05, 4.69) is 5.32 Å². The molecule has 0 fully saturated rings. The molecule has 5 heteroatoms. The van der Waals surface area contributed by atoms with Gasteiger partial charge in [-0.25, -0.2) is 4.39 Å². The van der Waals surface area contributed by atoms with Gasteiger partial charge in [0.2, 0.25) is 5.91 Å². The molecule has 0 radical (unpaired) electrons.